The molecular formula is C14H26N2O. The van der Waals surface area contributed by atoms with Gasteiger partial charge < -0.3 is 4.90 Å². The summed E-state index contributed by atoms with van der Waals surface area (Å²) in [6.45, 7) is 16.6. The van der Waals surface area contributed by atoms with Gasteiger partial charge in [0.1, 0.15) is 6.17 Å². The van der Waals surface area contributed by atoms with Crippen molar-refractivity contribution in [3.8, 4) is 0 Å². The van der Waals surface area contributed by atoms with Crippen molar-refractivity contribution in [1.82, 2.24) is 10.2 Å². The van der Waals surface area contributed by atoms with E-state index in [0.717, 1.165) is 11.1 Å². The summed E-state index contributed by atoms with van der Waals surface area (Å²) in [5, 5.41) is 3.53. The van der Waals surface area contributed by atoms with E-state index >= 15 is 0 Å². The number of rotatable bonds is 1. The van der Waals surface area contributed by atoms with Crippen molar-refractivity contribution < 1.29 is 4.79 Å². The average molecular weight is 238 g/mol. The fraction of sp³-hybridized carbons (Fsp3) is 0.786. The second-order valence-electron chi connectivity index (χ2n) is 6.95. The van der Waals surface area contributed by atoms with Crippen molar-refractivity contribution in [1.29, 1.82) is 0 Å². The standard InChI is InChI=1S/C14H26N2O/c1-9-10(2)12(17)16(14(6,7)8)11(9)15-13(3,4)5/h11,15H,1-8H3. The predicted molar refractivity (Wildman–Crippen MR) is 71.6 cm³/mol. The summed E-state index contributed by atoms with van der Waals surface area (Å²) in [7, 11) is 0. The summed E-state index contributed by atoms with van der Waals surface area (Å²) < 4.78 is 0. The molecule has 1 unspecified atom stereocenters. The zero-order valence-electron chi connectivity index (χ0n) is 12.4. The van der Waals surface area contributed by atoms with Crippen LogP contribution in [-0.4, -0.2) is 28.1 Å². The Morgan fingerprint density at radius 3 is 1.88 bits per heavy atom. The highest BCUT2D eigenvalue weighted by molar-refractivity contribution is 5.97. The number of nitrogens with one attached hydrogen (secondary N) is 1. The van der Waals surface area contributed by atoms with Crippen molar-refractivity contribution in [2.24, 2.45) is 0 Å². The van der Waals surface area contributed by atoms with Crippen LogP contribution >= 0.6 is 0 Å². The third-order valence-corrected chi connectivity index (χ3v) is 3.09. The minimum atomic E-state index is -0.168. The molecule has 0 aromatic heterocycles. The van der Waals surface area contributed by atoms with Crippen LogP contribution in [0.2, 0.25) is 0 Å². The second-order valence-corrected chi connectivity index (χ2v) is 6.95. The normalized spacial score (nSPS) is 22.7. The third-order valence-electron chi connectivity index (χ3n) is 3.09. The second kappa shape index (κ2) is 4.13. The first-order chi connectivity index (χ1) is 7.45. The Morgan fingerprint density at radius 1 is 1.06 bits per heavy atom. The van der Waals surface area contributed by atoms with Gasteiger partial charge in [-0.1, -0.05) is 0 Å². The number of carbonyl (C=O) groups is 1. The summed E-state index contributed by atoms with van der Waals surface area (Å²) in [6.07, 6.45) is 0.0162. The van der Waals surface area contributed by atoms with Gasteiger partial charge in [-0.2, -0.15) is 0 Å². The SMILES string of the molecule is CC1=C(C)C(NC(C)(C)C)N(C(C)(C)C)C1=O. The molecule has 1 N–H and O–H groups in total. The lowest BCUT2D eigenvalue weighted by Gasteiger charge is -2.41. The van der Waals surface area contributed by atoms with Gasteiger partial charge in [-0.25, -0.2) is 0 Å². The van der Waals surface area contributed by atoms with Gasteiger partial charge in [0.2, 0.25) is 0 Å². The average Bonchev–Trinajstić information content (AvgIpc) is 2.27. The maximum Gasteiger partial charge on any atom is 0.251 e. The Morgan fingerprint density at radius 2 is 1.53 bits per heavy atom. The smallest absolute Gasteiger partial charge is 0.251 e. The van der Waals surface area contributed by atoms with Crippen molar-refractivity contribution in [2.75, 3.05) is 0 Å². The molecule has 1 aliphatic heterocycles. The van der Waals surface area contributed by atoms with E-state index in [2.05, 4.69) is 46.9 Å². The quantitative estimate of drug-likeness (QED) is 0.761. The first-order valence-electron chi connectivity index (χ1n) is 6.24. The largest absolute Gasteiger partial charge is 0.315 e. The van der Waals surface area contributed by atoms with Gasteiger partial charge >= 0.3 is 0 Å². The number of hydrogen-bond acceptors (Lipinski definition) is 2. The fourth-order valence-electron chi connectivity index (χ4n) is 2.14. The maximum absolute atomic E-state index is 12.3. The van der Waals surface area contributed by atoms with E-state index in [1.54, 1.807) is 0 Å². The highest BCUT2D eigenvalue weighted by Gasteiger charge is 2.42. The van der Waals surface area contributed by atoms with Gasteiger partial charge in [0.15, 0.2) is 0 Å². The number of amides is 1. The molecule has 0 spiro atoms. The van der Waals surface area contributed by atoms with Gasteiger partial charge in [0.25, 0.3) is 5.91 Å². The van der Waals surface area contributed by atoms with Crippen LogP contribution in [-0.2, 0) is 4.79 Å². The van der Waals surface area contributed by atoms with Crippen LogP contribution in [0.15, 0.2) is 11.1 Å². The van der Waals surface area contributed by atoms with Crippen LogP contribution in [0.25, 0.3) is 0 Å². The first kappa shape index (κ1) is 14.2. The molecule has 3 nitrogen and oxygen atoms in total. The van der Waals surface area contributed by atoms with E-state index in [4.69, 9.17) is 0 Å². The van der Waals surface area contributed by atoms with Crippen LogP contribution in [0.4, 0.5) is 0 Å². The van der Waals surface area contributed by atoms with Crippen LogP contribution in [0.5, 0.6) is 0 Å². The van der Waals surface area contributed by atoms with Crippen LogP contribution < -0.4 is 5.32 Å². The topological polar surface area (TPSA) is 32.3 Å². The molecule has 0 saturated carbocycles. The zero-order chi connectivity index (χ0) is 13.6. The minimum Gasteiger partial charge on any atom is -0.315 e. The van der Waals surface area contributed by atoms with Gasteiger partial charge in [-0.05, 0) is 61.0 Å². The molecule has 0 saturated heterocycles. The van der Waals surface area contributed by atoms with E-state index in [-0.39, 0.29) is 23.2 Å². The first-order valence-corrected chi connectivity index (χ1v) is 6.24. The Labute approximate surface area is 105 Å². The fourth-order valence-corrected chi connectivity index (χ4v) is 2.14. The van der Waals surface area contributed by atoms with Gasteiger partial charge in [0.05, 0.1) is 0 Å². The predicted octanol–water partition coefficient (Wildman–Crippen LogP) is 2.68. The molecule has 1 rings (SSSR count). The summed E-state index contributed by atoms with van der Waals surface area (Å²) in [6, 6.07) is 0. The Kier molecular flexibility index (Phi) is 3.45. The van der Waals surface area contributed by atoms with E-state index in [9.17, 15) is 4.79 Å². The van der Waals surface area contributed by atoms with Crippen LogP contribution in [0.3, 0.4) is 0 Å². The van der Waals surface area contributed by atoms with Crippen molar-refractivity contribution in [3.63, 3.8) is 0 Å². The van der Waals surface area contributed by atoms with Gasteiger partial charge in [-0.3, -0.25) is 10.1 Å². The van der Waals surface area contributed by atoms with Gasteiger partial charge in [0, 0.05) is 16.7 Å². The molecule has 0 aliphatic carbocycles. The number of nitrogens with zero attached hydrogens (tertiary/aromatic N) is 1. The van der Waals surface area contributed by atoms with Crippen LogP contribution in [0.1, 0.15) is 55.4 Å². The molecule has 1 aliphatic rings. The molecule has 98 valence electrons. The minimum absolute atomic E-state index is 0.0136. The molecular weight excluding hydrogens is 212 g/mol. The van der Waals surface area contributed by atoms with E-state index < -0.39 is 0 Å². The molecule has 0 radical (unpaired) electrons. The molecule has 3 heteroatoms. The van der Waals surface area contributed by atoms with Gasteiger partial charge in [-0.15, -0.1) is 0 Å². The molecule has 0 aromatic rings. The summed E-state index contributed by atoms with van der Waals surface area (Å²) in [5.74, 6) is 0.150. The summed E-state index contributed by atoms with van der Waals surface area (Å²) >= 11 is 0. The van der Waals surface area contributed by atoms with Crippen molar-refractivity contribution in [2.45, 2.75) is 72.6 Å². The monoisotopic (exact) mass is 238 g/mol. The van der Waals surface area contributed by atoms with E-state index in [0.29, 0.717) is 0 Å². The maximum atomic E-state index is 12.3. The number of carbonyl (C=O) groups excluding carboxylic acids is 1. The molecule has 0 bridgehead atoms. The Balaban J connectivity index is 3.10. The van der Waals surface area contributed by atoms with E-state index in [1.165, 1.54) is 0 Å². The van der Waals surface area contributed by atoms with Crippen molar-refractivity contribution >= 4 is 5.91 Å². The van der Waals surface area contributed by atoms with Crippen LogP contribution in [0, 0.1) is 0 Å². The lowest BCUT2D eigenvalue weighted by atomic mass is 10.0. The molecule has 0 aromatic carbocycles. The summed E-state index contributed by atoms with van der Waals surface area (Å²) in [4.78, 5) is 14.2. The zero-order valence-corrected chi connectivity index (χ0v) is 12.4. The third kappa shape index (κ3) is 2.89. The highest BCUT2D eigenvalue weighted by atomic mass is 16.2. The molecule has 0 fully saturated rings. The number of hydrogen-bond donors (Lipinski definition) is 1. The van der Waals surface area contributed by atoms with E-state index in [1.807, 2.05) is 18.7 Å². The Hall–Kier alpha value is -0.830. The highest BCUT2D eigenvalue weighted by Crippen LogP contribution is 2.31. The molecule has 1 heterocycles. The summed E-state index contributed by atoms with van der Waals surface area (Å²) in [5.41, 5.74) is 1.83. The lowest BCUT2D eigenvalue weighted by Crippen LogP contribution is -2.58. The van der Waals surface area contributed by atoms with Crippen molar-refractivity contribution in [3.05, 3.63) is 11.1 Å². The Bertz CT molecular complexity index is 355. The lowest BCUT2D eigenvalue weighted by molar-refractivity contribution is -0.132. The molecule has 1 amide bonds. The molecule has 17 heavy (non-hydrogen) atoms. The molecule has 1 atom stereocenters.